The van der Waals surface area contributed by atoms with Crippen molar-refractivity contribution in [2.45, 2.75) is 31.2 Å². The topological polar surface area (TPSA) is 81.4 Å². The number of hydrogen-bond donors (Lipinski definition) is 2. The molecular formula is C14H21BrN2O3S. The summed E-state index contributed by atoms with van der Waals surface area (Å²) in [6.07, 6.45) is 1.79. The standard InChI is InChI=1S/C14H21BrN2O3S/c1-10-6-12(8-16)7-13(14(10)15)21(18,19)17-9-11-2-4-20-5-3-11/h6-7,11,17H,2-5,8-9,16H2,1H3. The zero-order valence-electron chi connectivity index (χ0n) is 12.1. The number of aryl methyl sites for hydroxylation is 1. The van der Waals surface area contributed by atoms with Crippen molar-refractivity contribution in [3.05, 3.63) is 27.7 Å². The number of hydrogen-bond acceptors (Lipinski definition) is 4. The number of halogens is 1. The number of nitrogens with one attached hydrogen (secondary N) is 1. The predicted molar refractivity (Wildman–Crippen MR) is 85.5 cm³/mol. The normalized spacial score (nSPS) is 17.1. The molecular weight excluding hydrogens is 356 g/mol. The minimum absolute atomic E-state index is 0.259. The van der Waals surface area contributed by atoms with E-state index < -0.39 is 10.0 Å². The second kappa shape index (κ2) is 7.19. The largest absolute Gasteiger partial charge is 0.381 e. The number of benzene rings is 1. The van der Waals surface area contributed by atoms with E-state index in [0.717, 1.165) is 24.0 Å². The lowest BCUT2D eigenvalue weighted by Gasteiger charge is -2.22. The molecule has 0 atom stereocenters. The van der Waals surface area contributed by atoms with E-state index in [1.165, 1.54) is 0 Å². The Hall–Kier alpha value is -0.470. The van der Waals surface area contributed by atoms with Gasteiger partial charge >= 0.3 is 0 Å². The third kappa shape index (κ3) is 4.26. The molecule has 0 spiro atoms. The van der Waals surface area contributed by atoms with Gasteiger partial charge in [0.25, 0.3) is 0 Å². The third-order valence-corrected chi connectivity index (χ3v) is 6.47. The Balaban J connectivity index is 2.16. The van der Waals surface area contributed by atoms with Crippen LogP contribution in [-0.2, 0) is 21.3 Å². The molecule has 0 aromatic heterocycles. The molecule has 1 heterocycles. The van der Waals surface area contributed by atoms with Gasteiger partial charge in [-0.05, 0) is 58.8 Å². The number of sulfonamides is 1. The quantitative estimate of drug-likeness (QED) is 0.822. The van der Waals surface area contributed by atoms with Crippen molar-refractivity contribution < 1.29 is 13.2 Å². The maximum absolute atomic E-state index is 12.5. The molecule has 1 aliphatic rings. The number of ether oxygens (including phenoxy) is 1. The summed E-state index contributed by atoms with van der Waals surface area (Å²) in [5.74, 6) is 0.339. The van der Waals surface area contributed by atoms with E-state index >= 15 is 0 Å². The van der Waals surface area contributed by atoms with Crippen LogP contribution in [0.1, 0.15) is 24.0 Å². The maximum atomic E-state index is 12.5. The van der Waals surface area contributed by atoms with Crippen molar-refractivity contribution >= 4 is 26.0 Å². The fourth-order valence-electron chi connectivity index (χ4n) is 2.38. The SMILES string of the molecule is Cc1cc(CN)cc(S(=O)(=O)NCC2CCOCC2)c1Br. The minimum atomic E-state index is -3.54. The summed E-state index contributed by atoms with van der Waals surface area (Å²) in [5.41, 5.74) is 7.30. The monoisotopic (exact) mass is 376 g/mol. The van der Waals surface area contributed by atoms with Gasteiger partial charge in [-0.2, -0.15) is 0 Å². The van der Waals surface area contributed by atoms with E-state index in [4.69, 9.17) is 10.5 Å². The molecule has 1 saturated heterocycles. The molecule has 3 N–H and O–H groups in total. The lowest BCUT2D eigenvalue weighted by atomic mass is 10.0. The number of rotatable bonds is 5. The first-order valence-corrected chi connectivity index (χ1v) is 9.28. The van der Waals surface area contributed by atoms with Gasteiger partial charge in [-0.1, -0.05) is 6.07 Å². The van der Waals surface area contributed by atoms with Crippen LogP contribution in [0.5, 0.6) is 0 Å². The Labute approximate surface area is 134 Å². The van der Waals surface area contributed by atoms with Gasteiger partial charge in [0.1, 0.15) is 0 Å². The average molecular weight is 377 g/mol. The maximum Gasteiger partial charge on any atom is 0.241 e. The highest BCUT2D eigenvalue weighted by molar-refractivity contribution is 9.10. The lowest BCUT2D eigenvalue weighted by Crippen LogP contribution is -2.32. The molecule has 0 unspecified atom stereocenters. The molecule has 0 saturated carbocycles. The summed E-state index contributed by atoms with van der Waals surface area (Å²) < 4.78 is 33.6. The van der Waals surface area contributed by atoms with Crippen LogP contribution in [0.15, 0.2) is 21.5 Å². The van der Waals surface area contributed by atoms with Crippen LogP contribution in [0.3, 0.4) is 0 Å². The van der Waals surface area contributed by atoms with Gasteiger partial charge in [-0.25, -0.2) is 13.1 Å². The van der Waals surface area contributed by atoms with Gasteiger partial charge < -0.3 is 10.5 Å². The second-order valence-corrected chi connectivity index (χ2v) is 7.86. The Morgan fingerprint density at radius 3 is 2.67 bits per heavy atom. The first kappa shape index (κ1) is 16.9. The van der Waals surface area contributed by atoms with Crippen LogP contribution in [0.4, 0.5) is 0 Å². The smallest absolute Gasteiger partial charge is 0.241 e. The van der Waals surface area contributed by atoms with E-state index in [9.17, 15) is 8.42 Å². The molecule has 0 aliphatic carbocycles. The number of nitrogens with two attached hydrogens (primary N) is 1. The van der Waals surface area contributed by atoms with Crippen molar-refractivity contribution in [2.75, 3.05) is 19.8 Å². The van der Waals surface area contributed by atoms with Crippen LogP contribution < -0.4 is 10.5 Å². The first-order chi connectivity index (χ1) is 9.94. The van der Waals surface area contributed by atoms with Gasteiger partial charge in [0.15, 0.2) is 0 Å². The molecule has 21 heavy (non-hydrogen) atoms. The van der Waals surface area contributed by atoms with E-state index in [0.29, 0.717) is 36.7 Å². The molecule has 0 radical (unpaired) electrons. The summed E-state index contributed by atoms with van der Waals surface area (Å²) in [6.45, 7) is 4.04. The summed E-state index contributed by atoms with van der Waals surface area (Å²) in [4.78, 5) is 0.259. The van der Waals surface area contributed by atoms with Crippen molar-refractivity contribution in [1.82, 2.24) is 4.72 Å². The van der Waals surface area contributed by atoms with E-state index in [1.54, 1.807) is 6.07 Å². The average Bonchev–Trinajstić information content (AvgIpc) is 2.48. The molecule has 5 nitrogen and oxygen atoms in total. The minimum Gasteiger partial charge on any atom is -0.381 e. The van der Waals surface area contributed by atoms with Gasteiger partial charge in [0.2, 0.25) is 10.0 Å². The summed E-state index contributed by atoms with van der Waals surface area (Å²) in [6, 6.07) is 3.52. The van der Waals surface area contributed by atoms with Crippen molar-refractivity contribution in [2.24, 2.45) is 11.7 Å². The van der Waals surface area contributed by atoms with Crippen LogP contribution in [0.25, 0.3) is 0 Å². The van der Waals surface area contributed by atoms with Gasteiger partial charge in [0, 0.05) is 30.8 Å². The highest BCUT2D eigenvalue weighted by Crippen LogP contribution is 2.27. The Kier molecular flexibility index (Phi) is 5.79. The molecule has 0 bridgehead atoms. The fourth-order valence-corrected chi connectivity index (χ4v) is 4.56. The summed E-state index contributed by atoms with van der Waals surface area (Å²) in [5, 5.41) is 0. The van der Waals surface area contributed by atoms with Crippen molar-refractivity contribution in [1.29, 1.82) is 0 Å². The Morgan fingerprint density at radius 2 is 2.05 bits per heavy atom. The van der Waals surface area contributed by atoms with E-state index in [2.05, 4.69) is 20.7 Å². The van der Waals surface area contributed by atoms with Gasteiger partial charge in [0.05, 0.1) is 4.90 Å². The third-order valence-electron chi connectivity index (χ3n) is 3.71. The van der Waals surface area contributed by atoms with Gasteiger partial charge in [-0.3, -0.25) is 0 Å². The van der Waals surface area contributed by atoms with Crippen molar-refractivity contribution in [3.63, 3.8) is 0 Å². The van der Waals surface area contributed by atoms with E-state index in [1.807, 2.05) is 13.0 Å². The fraction of sp³-hybridized carbons (Fsp3) is 0.571. The second-order valence-electron chi connectivity index (χ2n) is 5.34. The molecule has 1 fully saturated rings. The molecule has 118 valence electrons. The van der Waals surface area contributed by atoms with E-state index in [-0.39, 0.29) is 4.90 Å². The lowest BCUT2D eigenvalue weighted by molar-refractivity contribution is 0.0678. The van der Waals surface area contributed by atoms with Crippen LogP contribution in [0.2, 0.25) is 0 Å². The highest BCUT2D eigenvalue weighted by Gasteiger charge is 2.22. The predicted octanol–water partition coefficient (Wildman–Crippen LogP) is 1.92. The zero-order valence-corrected chi connectivity index (χ0v) is 14.5. The molecule has 0 amide bonds. The molecule has 1 aromatic rings. The summed E-state index contributed by atoms with van der Waals surface area (Å²) >= 11 is 3.37. The Morgan fingerprint density at radius 1 is 1.38 bits per heavy atom. The molecule has 1 aromatic carbocycles. The first-order valence-electron chi connectivity index (χ1n) is 7.00. The zero-order chi connectivity index (χ0) is 15.5. The highest BCUT2D eigenvalue weighted by atomic mass is 79.9. The van der Waals surface area contributed by atoms with Gasteiger partial charge in [-0.15, -0.1) is 0 Å². The van der Waals surface area contributed by atoms with Crippen LogP contribution in [0, 0.1) is 12.8 Å². The molecule has 1 aliphatic heterocycles. The summed E-state index contributed by atoms with van der Waals surface area (Å²) in [7, 11) is -3.54. The van der Waals surface area contributed by atoms with Crippen molar-refractivity contribution in [3.8, 4) is 0 Å². The molecule has 2 rings (SSSR count). The van der Waals surface area contributed by atoms with Crippen LogP contribution in [-0.4, -0.2) is 28.2 Å². The molecule has 7 heteroatoms. The Bertz CT molecular complexity index is 598. The van der Waals surface area contributed by atoms with Crippen LogP contribution >= 0.6 is 15.9 Å².